The van der Waals surface area contributed by atoms with Crippen molar-refractivity contribution in [2.75, 3.05) is 5.32 Å². The van der Waals surface area contributed by atoms with E-state index in [1.807, 2.05) is 44.6 Å². The highest BCUT2D eigenvalue weighted by atomic mass is 16.5. The minimum Gasteiger partial charge on any atom is -0.338 e. The zero-order valence-corrected chi connectivity index (χ0v) is 15.2. The number of terminal acetylenes is 1. The number of rotatable bonds is 3. The Labute approximate surface area is 151 Å². The van der Waals surface area contributed by atoms with Crippen LogP contribution in [0.5, 0.6) is 0 Å². The number of hydrogen-bond acceptors (Lipinski definition) is 6. The number of hydrogen-bond donors (Lipinski definition) is 1. The Kier molecular flexibility index (Phi) is 6.11. The van der Waals surface area contributed by atoms with Crippen LogP contribution in [0.1, 0.15) is 19.5 Å². The molecule has 4 heterocycles. The molecule has 0 aliphatic rings. The average Bonchev–Trinajstić information content (AvgIpc) is 3.39. The molecule has 0 aliphatic heterocycles. The van der Waals surface area contributed by atoms with Crippen LogP contribution in [0.25, 0.3) is 16.9 Å². The summed E-state index contributed by atoms with van der Waals surface area (Å²) in [5.74, 6) is 1.14. The van der Waals surface area contributed by atoms with E-state index in [4.69, 9.17) is 4.52 Å². The Morgan fingerprint density at radius 3 is 2.54 bits per heavy atom. The number of aromatic nitrogens is 6. The molecule has 0 saturated heterocycles. The van der Waals surface area contributed by atoms with Crippen LogP contribution in [0.15, 0.2) is 41.6 Å². The first-order valence-corrected chi connectivity index (χ1v) is 8.05. The van der Waals surface area contributed by atoms with Gasteiger partial charge in [-0.3, -0.25) is 9.08 Å². The summed E-state index contributed by atoms with van der Waals surface area (Å²) in [6, 6.07) is 1.80. The van der Waals surface area contributed by atoms with E-state index >= 15 is 0 Å². The zero-order chi connectivity index (χ0) is 19.1. The van der Waals surface area contributed by atoms with Gasteiger partial charge in [-0.2, -0.15) is 5.10 Å². The van der Waals surface area contributed by atoms with Gasteiger partial charge in [-0.15, -0.1) is 12.8 Å². The van der Waals surface area contributed by atoms with Gasteiger partial charge in [-0.25, -0.2) is 9.97 Å². The third-order valence-corrected chi connectivity index (χ3v) is 3.30. The number of nitrogens with zero attached hydrogens (tertiary/aromatic N) is 6. The second kappa shape index (κ2) is 8.48. The van der Waals surface area contributed by atoms with Crippen molar-refractivity contribution in [3.05, 3.63) is 42.7 Å². The Hall–Kier alpha value is -3.60. The number of aryl methyl sites for hydroxylation is 2. The molecule has 0 radical (unpaired) electrons. The standard InChI is InChI=1S/C14H13N7O.C2H6.C2H2/c1-9-5-12(22-19-9)18-13-14-16-7-11(21(14)4-3-15-13)10-6-17-20(2)8-10;2*1-2/h3-8H,1-2H3,(H,15,18);1-2H3;1-2H. The van der Waals surface area contributed by atoms with E-state index < -0.39 is 0 Å². The largest absolute Gasteiger partial charge is 0.338 e. The van der Waals surface area contributed by atoms with E-state index in [0.29, 0.717) is 17.3 Å². The molecule has 0 aliphatic carbocycles. The maximum atomic E-state index is 5.16. The fourth-order valence-electron chi connectivity index (χ4n) is 2.31. The fraction of sp³-hybridized carbons (Fsp3) is 0.222. The van der Waals surface area contributed by atoms with Crippen molar-refractivity contribution in [2.45, 2.75) is 20.8 Å². The first kappa shape index (κ1) is 18.7. The molecule has 0 atom stereocenters. The molecule has 8 heteroatoms. The van der Waals surface area contributed by atoms with Crippen molar-refractivity contribution >= 4 is 17.3 Å². The van der Waals surface area contributed by atoms with Crippen LogP contribution in [0.3, 0.4) is 0 Å². The predicted molar refractivity (Wildman–Crippen MR) is 101 cm³/mol. The summed E-state index contributed by atoms with van der Waals surface area (Å²) in [7, 11) is 1.88. The van der Waals surface area contributed by atoms with Gasteiger partial charge in [0.2, 0.25) is 5.88 Å². The molecule has 8 nitrogen and oxygen atoms in total. The van der Waals surface area contributed by atoms with E-state index in [1.165, 1.54) is 0 Å². The van der Waals surface area contributed by atoms with Crippen LogP contribution >= 0.6 is 0 Å². The average molecular weight is 351 g/mol. The molecule has 4 rings (SSSR count). The van der Waals surface area contributed by atoms with Gasteiger partial charge in [0.25, 0.3) is 0 Å². The molecule has 134 valence electrons. The molecule has 0 aromatic carbocycles. The molecule has 0 fully saturated rings. The molecular weight excluding hydrogens is 330 g/mol. The first-order valence-electron chi connectivity index (χ1n) is 8.05. The lowest BCUT2D eigenvalue weighted by atomic mass is 10.3. The van der Waals surface area contributed by atoms with E-state index in [2.05, 4.69) is 38.4 Å². The lowest BCUT2D eigenvalue weighted by molar-refractivity contribution is 0.430. The number of fused-ring (bicyclic) bond motifs is 1. The third-order valence-electron chi connectivity index (χ3n) is 3.30. The van der Waals surface area contributed by atoms with Crippen LogP contribution in [-0.4, -0.2) is 29.3 Å². The van der Waals surface area contributed by atoms with Gasteiger partial charge in [0.1, 0.15) is 0 Å². The van der Waals surface area contributed by atoms with Gasteiger partial charge < -0.3 is 9.84 Å². The molecular formula is C18H21N7O. The normalized spacial score (nSPS) is 9.77. The zero-order valence-electron chi connectivity index (χ0n) is 15.2. The smallest absolute Gasteiger partial charge is 0.230 e. The third kappa shape index (κ3) is 3.72. The van der Waals surface area contributed by atoms with Gasteiger partial charge >= 0.3 is 0 Å². The second-order valence-corrected chi connectivity index (χ2v) is 4.97. The highest BCUT2D eigenvalue weighted by Gasteiger charge is 2.12. The first-order chi connectivity index (χ1) is 12.7. The lowest BCUT2D eigenvalue weighted by Crippen LogP contribution is -1.97. The maximum absolute atomic E-state index is 5.16. The van der Waals surface area contributed by atoms with Gasteiger partial charge in [-0.1, -0.05) is 19.0 Å². The summed E-state index contributed by atoms with van der Waals surface area (Å²) in [4.78, 5) is 8.77. The summed E-state index contributed by atoms with van der Waals surface area (Å²) in [6.07, 6.45) is 17.1. The highest BCUT2D eigenvalue weighted by Crippen LogP contribution is 2.24. The van der Waals surface area contributed by atoms with Crippen LogP contribution < -0.4 is 5.32 Å². The minimum absolute atomic E-state index is 0.532. The van der Waals surface area contributed by atoms with Crippen LogP contribution in [0.4, 0.5) is 11.7 Å². The van der Waals surface area contributed by atoms with Crippen molar-refractivity contribution in [1.82, 2.24) is 29.3 Å². The molecule has 4 aromatic rings. The topological polar surface area (TPSA) is 86.1 Å². The van der Waals surface area contributed by atoms with E-state index in [0.717, 1.165) is 17.0 Å². The summed E-state index contributed by atoms with van der Waals surface area (Å²) in [5, 5.41) is 11.1. The van der Waals surface area contributed by atoms with Crippen molar-refractivity contribution in [1.29, 1.82) is 0 Å². The van der Waals surface area contributed by atoms with Gasteiger partial charge in [0.05, 0.1) is 23.8 Å². The summed E-state index contributed by atoms with van der Waals surface area (Å²) < 4.78 is 8.87. The maximum Gasteiger partial charge on any atom is 0.230 e. The summed E-state index contributed by atoms with van der Waals surface area (Å²) in [6.45, 7) is 5.86. The van der Waals surface area contributed by atoms with Crippen LogP contribution in [0.2, 0.25) is 0 Å². The van der Waals surface area contributed by atoms with Crippen molar-refractivity contribution < 1.29 is 4.52 Å². The fourth-order valence-corrected chi connectivity index (χ4v) is 2.31. The Morgan fingerprint density at radius 2 is 1.92 bits per heavy atom. The quantitative estimate of drug-likeness (QED) is 0.569. The molecule has 0 unspecified atom stereocenters. The second-order valence-electron chi connectivity index (χ2n) is 4.97. The van der Waals surface area contributed by atoms with E-state index in [9.17, 15) is 0 Å². The Bertz CT molecular complexity index is 993. The minimum atomic E-state index is 0.532. The molecule has 4 aromatic heterocycles. The predicted octanol–water partition coefficient (Wildman–Crippen LogP) is 3.45. The van der Waals surface area contributed by atoms with Crippen molar-refractivity contribution in [3.8, 4) is 24.1 Å². The molecule has 0 saturated carbocycles. The van der Waals surface area contributed by atoms with E-state index in [1.54, 1.807) is 29.3 Å². The molecule has 0 amide bonds. The molecule has 0 bridgehead atoms. The number of anilines is 2. The van der Waals surface area contributed by atoms with Gasteiger partial charge in [-0.05, 0) is 6.92 Å². The van der Waals surface area contributed by atoms with Crippen molar-refractivity contribution in [3.63, 3.8) is 0 Å². The van der Waals surface area contributed by atoms with Crippen LogP contribution in [0, 0.1) is 19.8 Å². The van der Waals surface area contributed by atoms with Crippen LogP contribution in [-0.2, 0) is 7.05 Å². The molecule has 26 heavy (non-hydrogen) atoms. The van der Waals surface area contributed by atoms with Crippen molar-refractivity contribution in [2.24, 2.45) is 7.05 Å². The highest BCUT2D eigenvalue weighted by molar-refractivity contribution is 5.72. The Balaban J connectivity index is 0.000000570. The summed E-state index contributed by atoms with van der Waals surface area (Å²) >= 11 is 0. The molecule has 1 N–H and O–H groups in total. The summed E-state index contributed by atoms with van der Waals surface area (Å²) in [5.41, 5.74) is 3.44. The van der Waals surface area contributed by atoms with Gasteiger partial charge in [0, 0.05) is 37.3 Å². The SMILES string of the molecule is C#C.CC.Cc1cc(Nc2nccn3c(-c4cnn(C)c4)cnc23)on1. The number of nitrogens with one attached hydrogen (secondary N) is 1. The lowest BCUT2D eigenvalue weighted by Gasteiger charge is -2.04. The molecule has 0 spiro atoms. The van der Waals surface area contributed by atoms with Gasteiger partial charge in [0.15, 0.2) is 11.5 Å². The Morgan fingerprint density at radius 1 is 1.15 bits per heavy atom. The van der Waals surface area contributed by atoms with E-state index in [-0.39, 0.29) is 0 Å². The number of imidazole rings is 1. The monoisotopic (exact) mass is 351 g/mol.